The Labute approximate surface area is 180 Å². The zero-order valence-electron chi connectivity index (χ0n) is 16.4. The summed E-state index contributed by atoms with van der Waals surface area (Å²) >= 11 is 1.23. The molecule has 6 nitrogen and oxygen atoms in total. The van der Waals surface area contributed by atoms with E-state index in [1.54, 1.807) is 18.3 Å². The summed E-state index contributed by atoms with van der Waals surface area (Å²) < 4.78 is 14.1. The number of fused-ring (bicyclic) bond motifs is 2. The summed E-state index contributed by atoms with van der Waals surface area (Å²) in [7, 11) is 0. The topological polar surface area (TPSA) is 93.8 Å². The van der Waals surface area contributed by atoms with E-state index in [2.05, 4.69) is 20.3 Å². The molecule has 0 unspecified atom stereocenters. The second-order valence-electron chi connectivity index (χ2n) is 7.12. The highest BCUT2D eigenvalue weighted by molar-refractivity contribution is 7.22. The molecule has 3 N–H and O–H groups in total. The van der Waals surface area contributed by atoms with E-state index in [1.807, 2.05) is 37.3 Å². The van der Waals surface area contributed by atoms with Crippen LogP contribution in [0.5, 0.6) is 0 Å². The molecule has 5 rings (SSSR count). The Kier molecular flexibility index (Phi) is 4.56. The second kappa shape index (κ2) is 7.41. The highest BCUT2D eigenvalue weighted by Crippen LogP contribution is 2.29. The zero-order chi connectivity index (χ0) is 21.5. The average molecular weight is 429 g/mol. The van der Waals surface area contributed by atoms with Gasteiger partial charge in [0.25, 0.3) is 5.91 Å². The first-order valence-electron chi connectivity index (χ1n) is 9.47. The summed E-state index contributed by atoms with van der Waals surface area (Å²) in [6.07, 6.45) is 1.68. The van der Waals surface area contributed by atoms with Crippen LogP contribution in [-0.2, 0) is 0 Å². The Morgan fingerprint density at radius 2 is 1.87 bits per heavy atom. The fourth-order valence-electron chi connectivity index (χ4n) is 3.41. The highest BCUT2D eigenvalue weighted by atomic mass is 32.1. The Balaban J connectivity index is 1.47. The predicted molar refractivity (Wildman–Crippen MR) is 122 cm³/mol. The third-order valence-corrected chi connectivity index (χ3v) is 5.91. The molecule has 0 aliphatic heterocycles. The molecule has 0 bridgehead atoms. The van der Waals surface area contributed by atoms with Crippen molar-refractivity contribution in [3.63, 3.8) is 0 Å². The lowest BCUT2D eigenvalue weighted by Gasteiger charge is -2.10. The maximum absolute atomic E-state index is 13.4. The number of carbonyl (C=O) groups is 1. The van der Waals surface area contributed by atoms with E-state index in [0.717, 1.165) is 27.6 Å². The van der Waals surface area contributed by atoms with Gasteiger partial charge >= 0.3 is 0 Å². The molecule has 2 heterocycles. The van der Waals surface area contributed by atoms with Crippen molar-refractivity contribution in [2.45, 2.75) is 6.92 Å². The summed E-state index contributed by atoms with van der Waals surface area (Å²) in [6, 6.07) is 15.7. The van der Waals surface area contributed by atoms with Crippen molar-refractivity contribution in [2.75, 3.05) is 11.1 Å². The minimum Gasteiger partial charge on any atom is -0.368 e. The molecule has 0 spiro atoms. The van der Waals surface area contributed by atoms with Gasteiger partial charge in [-0.25, -0.2) is 19.3 Å². The van der Waals surface area contributed by atoms with Crippen LogP contribution in [-0.4, -0.2) is 20.9 Å². The van der Waals surface area contributed by atoms with Gasteiger partial charge in [-0.3, -0.25) is 10.1 Å². The number of carbonyl (C=O) groups excluding carboxylic acids is 1. The Morgan fingerprint density at radius 3 is 2.74 bits per heavy atom. The molecule has 3 aromatic carbocycles. The third kappa shape index (κ3) is 3.69. The summed E-state index contributed by atoms with van der Waals surface area (Å²) in [4.78, 5) is 25.5. The van der Waals surface area contributed by atoms with Crippen LogP contribution in [0.3, 0.4) is 0 Å². The number of aryl methyl sites for hydroxylation is 1. The highest BCUT2D eigenvalue weighted by Gasteiger charge is 2.13. The van der Waals surface area contributed by atoms with Gasteiger partial charge in [0.15, 0.2) is 5.13 Å². The van der Waals surface area contributed by atoms with Gasteiger partial charge in [-0.2, -0.15) is 0 Å². The first-order chi connectivity index (χ1) is 15.0. The first-order valence-corrected chi connectivity index (χ1v) is 10.3. The van der Waals surface area contributed by atoms with Gasteiger partial charge in [-0.15, -0.1) is 0 Å². The number of nitrogen functional groups attached to an aromatic ring is 1. The van der Waals surface area contributed by atoms with Crippen LogP contribution in [0.1, 0.15) is 15.9 Å². The van der Waals surface area contributed by atoms with Crippen molar-refractivity contribution >= 4 is 49.4 Å². The van der Waals surface area contributed by atoms with Crippen molar-refractivity contribution in [1.29, 1.82) is 0 Å². The number of nitrogens with zero attached hydrogens (tertiary/aromatic N) is 3. The summed E-state index contributed by atoms with van der Waals surface area (Å²) in [6.45, 7) is 1.99. The molecule has 5 aromatic rings. The lowest BCUT2D eigenvalue weighted by Crippen LogP contribution is -2.11. The van der Waals surface area contributed by atoms with Crippen molar-refractivity contribution in [3.05, 3.63) is 77.7 Å². The quantitative estimate of drug-likeness (QED) is 0.412. The van der Waals surface area contributed by atoms with Crippen LogP contribution >= 0.6 is 11.3 Å². The molecule has 0 saturated heterocycles. The van der Waals surface area contributed by atoms with Gasteiger partial charge in [-0.05, 0) is 66.1 Å². The zero-order valence-corrected chi connectivity index (χ0v) is 17.2. The number of halogens is 1. The molecule has 0 fully saturated rings. The number of benzene rings is 3. The number of hydrogen-bond acceptors (Lipinski definition) is 6. The molecule has 0 atom stereocenters. The van der Waals surface area contributed by atoms with Crippen LogP contribution in [0.4, 0.5) is 15.5 Å². The number of anilines is 2. The number of nitrogens with one attached hydrogen (secondary N) is 1. The van der Waals surface area contributed by atoms with Crippen LogP contribution in [0.25, 0.3) is 32.2 Å². The van der Waals surface area contributed by atoms with Crippen LogP contribution in [0.2, 0.25) is 0 Å². The molecule has 8 heteroatoms. The standard InChI is InChI=1S/C23H16FN5OS/c1-12-2-3-14(21(30)29-23-28-19-7-5-16(24)10-20(19)31-23)9-17(12)13-4-6-18-15(8-13)11-26-22(25)27-18/h2-11H,1H3,(H2,25,26,27)(H,28,29,30). The Bertz CT molecular complexity index is 1480. The summed E-state index contributed by atoms with van der Waals surface area (Å²) in [5, 5.41) is 4.10. The molecule has 0 aliphatic carbocycles. The molecule has 0 saturated carbocycles. The molecule has 1 amide bonds. The van der Waals surface area contributed by atoms with E-state index >= 15 is 0 Å². The van der Waals surface area contributed by atoms with Gasteiger partial charge in [0, 0.05) is 17.1 Å². The number of hydrogen-bond donors (Lipinski definition) is 2. The number of thiazole rings is 1. The van der Waals surface area contributed by atoms with E-state index in [-0.39, 0.29) is 17.7 Å². The summed E-state index contributed by atoms with van der Waals surface area (Å²) in [5.41, 5.74) is 10.5. The van der Waals surface area contributed by atoms with E-state index in [1.165, 1.54) is 23.5 Å². The maximum Gasteiger partial charge on any atom is 0.257 e. The van der Waals surface area contributed by atoms with Crippen LogP contribution < -0.4 is 11.1 Å². The smallest absolute Gasteiger partial charge is 0.257 e. The van der Waals surface area contributed by atoms with Crippen molar-refractivity contribution in [2.24, 2.45) is 0 Å². The van der Waals surface area contributed by atoms with Crippen molar-refractivity contribution < 1.29 is 9.18 Å². The largest absolute Gasteiger partial charge is 0.368 e. The van der Waals surface area contributed by atoms with E-state index in [4.69, 9.17) is 5.73 Å². The number of aromatic nitrogens is 3. The minimum absolute atomic E-state index is 0.229. The molecule has 2 aromatic heterocycles. The van der Waals surface area contributed by atoms with Gasteiger partial charge in [-0.1, -0.05) is 23.5 Å². The first kappa shape index (κ1) is 19.1. The van der Waals surface area contributed by atoms with E-state index in [0.29, 0.717) is 20.9 Å². The van der Waals surface area contributed by atoms with E-state index in [9.17, 15) is 9.18 Å². The van der Waals surface area contributed by atoms with Crippen molar-refractivity contribution in [1.82, 2.24) is 15.0 Å². The normalized spacial score (nSPS) is 11.2. The van der Waals surface area contributed by atoms with Gasteiger partial charge in [0.1, 0.15) is 5.82 Å². The summed E-state index contributed by atoms with van der Waals surface area (Å²) in [5.74, 6) is -0.383. The monoisotopic (exact) mass is 429 g/mol. The third-order valence-electron chi connectivity index (χ3n) is 4.98. The van der Waals surface area contributed by atoms with Gasteiger partial charge in [0.05, 0.1) is 15.7 Å². The SMILES string of the molecule is Cc1ccc(C(=O)Nc2nc3ccc(F)cc3s2)cc1-c1ccc2nc(N)ncc2c1. The van der Waals surface area contributed by atoms with Gasteiger partial charge in [0.2, 0.25) is 5.95 Å². The number of rotatable bonds is 3. The van der Waals surface area contributed by atoms with Gasteiger partial charge < -0.3 is 5.73 Å². The Morgan fingerprint density at radius 1 is 1.03 bits per heavy atom. The number of amides is 1. The van der Waals surface area contributed by atoms with Crippen LogP contribution in [0, 0.1) is 12.7 Å². The second-order valence-corrected chi connectivity index (χ2v) is 8.15. The minimum atomic E-state index is -0.333. The Hall–Kier alpha value is -3.91. The predicted octanol–water partition coefficient (Wildman–Crippen LogP) is 5.19. The number of nitrogens with two attached hydrogens (primary N) is 1. The molecular weight excluding hydrogens is 413 g/mol. The van der Waals surface area contributed by atoms with Crippen molar-refractivity contribution in [3.8, 4) is 11.1 Å². The fourth-order valence-corrected chi connectivity index (χ4v) is 4.30. The van der Waals surface area contributed by atoms with Crippen LogP contribution in [0.15, 0.2) is 60.8 Å². The van der Waals surface area contributed by atoms with E-state index < -0.39 is 0 Å². The molecule has 0 aliphatic rings. The average Bonchev–Trinajstić information content (AvgIpc) is 3.15. The maximum atomic E-state index is 13.4. The molecular formula is C23H16FN5OS. The molecule has 0 radical (unpaired) electrons. The molecule has 31 heavy (non-hydrogen) atoms. The fraction of sp³-hybridized carbons (Fsp3) is 0.0435. The lowest BCUT2D eigenvalue weighted by molar-refractivity contribution is 0.102. The molecule has 152 valence electrons. The lowest BCUT2D eigenvalue weighted by atomic mass is 9.97.